The van der Waals surface area contributed by atoms with Crippen molar-refractivity contribution < 1.29 is 8.42 Å². The van der Waals surface area contributed by atoms with Crippen LogP contribution >= 0.6 is 11.8 Å². The molecular formula is C11H20N4O2S2. The van der Waals surface area contributed by atoms with E-state index in [1.807, 2.05) is 11.6 Å². The van der Waals surface area contributed by atoms with Gasteiger partial charge in [-0.25, -0.2) is 8.42 Å². The topological polar surface area (TPSA) is 76.9 Å². The van der Waals surface area contributed by atoms with Crippen LogP contribution in [0.15, 0.2) is 5.16 Å². The Morgan fingerprint density at radius 3 is 2.89 bits per heavy atom. The number of thioether (sulfide) groups is 1. The summed E-state index contributed by atoms with van der Waals surface area (Å²) < 4.78 is 24.2. The van der Waals surface area contributed by atoms with Crippen LogP contribution in [0.4, 0.5) is 0 Å². The van der Waals surface area contributed by atoms with Gasteiger partial charge >= 0.3 is 0 Å². The summed E-state index contributed by atoms with van der Waals surface area (Å²) in [4.78, 5) is 0. The molecule has 1 aromatic rings. The van der Waals surface area contributed by atoms with Crippen molar-refractivity contribution in [3.63, 3.8) is 0 Å². The molecule has 2 rings (SSSR count). The highest BCUT2D eigenvalue weighted by atomic mass is 32.2. The number of rotatable bonds is 5. The molecule has 0 amide bonds. The van der Waals surface area contributed by atoms with Gasteiger partial charge in [0, 0.05) is 31.5 Å². The van der Waals surface area contributed by atoms with Crippen LogP contribution < -0.4 is 5.32 Å². The van der Waals surface area contributed by atoms with E-state index < -0.39 is 9.84 Å². The maximum Gasteiger partial charge on any atom is 0.190 e. The Kier molecular flexibility index (Phi) is 4.86. The van der Waals surface area contributed by atoms with Crippen molar-refractivity contribution in [3.8, 4) is 0 Å². The molecule has 0 radical (unpaired) electrons. The summed E-state index contributed by atoms with van der Waals surface area (Å²) in [6, 6.07) is 0. The van der Waals surface area contributed by atoms with Gasteiger partial charge in [0.1, 0.15) is 15.7 Å². The van der Waals surface area contributed by atoms with E-state index in [0.717, 1.165) is 36.9 Å². The second-order valence-electron chi connectivity index (χ2n) is 4.92. The highest BCUT2D eigenvalue weighted by molar-refractivity contribution is 8.00. The Labute approximate surface area is 118 Å². The minimum Gasteiger partial charge on any atom is -0.316 e. The lowest BCUT2D eigenvalue weighted by atomic mass is 9.99. The van der Waals surface area contributed by atoms with Gasteiger partial charge in [0.2, 0.25) is 0 Å². The fraction of sp³-hybridized carbons (Fsp3) is 0.818. The van der Waals surface area contributed by atoms with Crippen molar-refractivity contribution in [3.05, 3.63) is 5.82 Å². The smallest absolute Gasteiger partial charge is 0.190 e. The van der Waals surface area contributed by atoms with Gasteiger partial charge in [-0.05, 0) is 19.4 Å². The maximum absolute atomic E-state index is 11.1. The van der Waals surface area contributed by atoms with E-state index in [1.54, 1.807) is 0 Å². The molecule has 0 bridgehead atoms. The zero-order chi connectivity index (χ0) is 13.9. The zero-order valence-electron chi connectivity index (χ0n) is 11.3. The minimum absolute atomic E-state index is 0.171. The van der Waals surface area contributed by atoms with Gasteiger partial charge in [0.25, 0.3) is 0 Å². The van der Waals surface area contributed by atoms with E-state index in [1.165, 1.54) is 18.0 Å². The lowest BCUT2D eigenvalue weighted by Crippen LogP contribution is -2.29. The van der Waals surface area contributed by atoms with Crippen LogP contribution in [0.1, 0.15) is 24.6 Å². The molecule has 1 aliphatic rings. The van der Waals surface area contributed by atoms with Crippen molar-refractivity contribution in [2.75, 3.05) is 30.9 Å². The first-order valence-corrected chi connectivity index (χ1v) is 9.42. The van der Waals surface area contributed by atoms with Crippen molar-refractivity contribution in [1.82, 2.24) is 20.1 Å². The SMILES string of the molecule is Cn1c(SCCS(C)(=O)=O)nnc1[C@@H]1CCCNC1. The summed E-state index contributed by atoms with van der Waals surface area (Å²) in [5, 5.41) is 12.6. The largest absolute Gasteiger partial charge is 0.316 e. The lowest BCUT2D eigenvalue weighted by molar-refractivity contribution is 0.436. The van der Waals surface area contributed by atoms with Gasteiger partial charge in [-0.2, -0.15) is 0 Å². The predicted octanol–water partition coefficient (Wildman–Crippen LogP) is 0.419. The average molecular weight is 304 g/mol. The van der Waals surface area contributed by atoms with Crippen LogP contribution in [-0.2, 0) is 16.9 Å². The Bertz CT molecular complexity index is 521. The molecule has 108 valence electrons. The predicted molar refractivity (Wildman–Crippen MR) is 76.3 cm³/mol. The normalized spacial score (nSPS) is 20.6. The molecule has 0 aromatic carbocycles. The fourth-order valence-electron chi connectivity index (χ4n) is 2.16. The number of nitrogens with zero attached hydrogens (tertiary/aromatic N) is 3. The highest BCUT2D eigenvalue weighted by Crippen LogP contribution is 2.24. The summed E-state index contributed by atoms with van der Waals surface area (Å²) in [5.41, 5.74) is 0. The molecule has 1 aromatic heterocycles. The van der Waals surface area contributed by atoms with Crippen LogP contribution in [0.25, 0.3) is 0 Å². The molecule has 0 saturated carbocycles. The highest BCUT2D eigenvalue weighted by Gasteiger charge is 2.21. The standard InChI is InChI=1S/C11H20N4O2S2/c1-15-10(9-4-3-5-12-8-9)13-14-11(15)18-6-7-19(2,16)17/h9,12H,3-8H2,1-2H3/t9-/m1/s1. The molecule has 1 fully saturated rings. The first-order valence-electron chi connectivity index (χ1n) is 6.38. The van der Waals surface area contributed by atoms with E-state index in [0.29, 0.717) is 11.7 Å². The summed E-state index contributed by atoms with van der Waals surface area (Å²) >= 11 is 1.45. The van der Waals surface area contributed by atoms with Crippen LogP contribution in [0, 0.1) is 0 Å². The molecule has 1 atom stereocenters. The number of hydrogen-bond donors (Lipinski definition) is 1. The number of sulfone groups is 1. The van der Waals surface area contributed by atoms with Crippen molar-refractivity contribution in [1.29, 1.82) is 0 Å². The van der Waals surface area contributed by atoms with Crippen molar-refractivity contribution in [2.45, 2.75) is 23.9 Å². The Hall–Kier alpha value is -0.600. The molecule has 1 aliphatic heterocycles. The summed E-state index contributed by atoms with van der Waals surface area (Å²) in [6.45, 7) is 2.02. The number of hydrogen-bond acceptors (Lipinski definition) is 6. The second-order valence-corrected chi connectivity index (χ2v) is 8.24. The first-order chi connectivity index (χ1) is 8.97. The van der Waals surface area contributed by atoms with Crippen LogP contribution in [-0.4, -0.2) is 54.0 Å². The summed E-state index contributed by atoms with van der Waals surface area (Å²) in [7, 11) is -0.958. The number of piperidine rings is 1. The summed E-state index contributed by atoms with van der Waals surface area (Å²) in [6.07, 6.45) is 3.55. The van der Waals surface area contributed by atoms with Gasteiger partial charge in [-0.1, -0.05) is 11.8 Å². The molecule has 8 heteroatoms. The first kappa shape index (κ1) is 14.8. The van der Waals surface area contributed by atoms with E-state index in [4.69, 9.17) is 0 Å². The van der Waals surface area contributed by atoms with Gasteiger partial charge in [-0.3, -0.25) is 0 Å². The molecule has 0 unspecified atom stereocenters. The monoisotopic (exact) mass is 304 g/mol. The van der Waals surface area contributed by atoms with Gasteiger partial charge in [-0.15, -0.1) is 10.2 Å². The molecule has 2 heterocycles. The number of nitrogens with one attached hydrogen (secondary N) is 1. The van der Waals surface area contributed by atoms with E-state index in [2.05, 4.69) is 15.5 Å². The molecule has 6 nitrogen and oxygen atoms in total. The fourth-order valence-corrected chi connectivity index (χ4v) is 4.28. The Morgan fingerprint density at radius 2 is 2.26 bits per heavy atom. The van der Waals surface area contributed by atoms with Crippen LogP contribution in [0.2, 0.25) is 0 Å². The second kappa shape index (κ2) is 6.23. The summed E-state index contributed by atoms with van der Waals surface area (Å²) in [5.74, 6) is 2.10. The minimum atomic E-state index is -2.91. The molecule has 19 heavy (non-hydrogen) atoms. The van der Waals surface area contributed by atoms with Gasteiger partial charge in [0.15, 0.2) is 5.16 Å². The third-order valence-electron chi connectivity index (χ3n) is 3.22. The van der Waals surface area contributed by atoms with E-state index >= 15 is 0 Å². The van der Waals surface area contributed by atoms with Crippen molar-refractivity contribution >= 4 is 21.6 Å². The molecule has 0 aliphatic carbocycles. The van der Waals surface area contributed by atoms with E-state index in [9.17, 15) is 8.42 Å². The van der Waals surface area contributed by atoms with Gasteiger partial charge < -0.3 is 9.88 Å². The molecule has 0 spiro atoms. The molecule has 1 N–H and O–H groups in total. The van der Waals surface area contributed by atoms with Crippen molar-refractivity contribution in [2.24, 2.45) is 7.05 Å². The zero-order valence-corrected chi connectivity index (χ0v) is 12.9. The molecule has 1 saturated heterocycles. The van der Waals surface area contributed by atoms with Crippen LogP contribution in [0.5, 0.6) is 0 Å². The Balaban J connectivity index is 1.97. The average Bonchev–Trinajstić information content (AvgIpc) is 2.71. The third-order valence-corrected chi connectivity index (χ3v) is 5.44. The quantitative estimate of drug-likeness (QED) is 0.795. The molecular weight excluding hydrogens is 284 g/mol. The third kappa shape index (κ3) is 4.19. The lowest BCUT2D eigenvalue weighted by Gasteiger charge is -2.21. The number of aromatic nitrogens is 3. The van der Waals surface area contributed by atoms with Crippen LogP contribution in [0.3, 0.4) is 0 Å². The maximum atomic E-state index is 11.1. The Morgan fingerprint density at radius 1 is 1.47 bits per heavy atom. The van der Waals surface area contributed by atoms with E-state index in [-0.39, 0.29) is 5.75 Å². The van der Waals surface area contributed by atoms with Gasteiger partial charge in [0.05, 0.1) is 5.75 Å².